The van der Waals surface area contributed by atoms with E-state index < -0.39 is 17.7 Å². The maximum Gasteiger partial charge on any atom is 0.412 e. The van der Waals surface area contributed by atoms with E-state index in [0.717, 1.165) is 6.54 Å². The van der Waals surface area contributed by atoms with Gasteiger partial charge in [0.1, 0.15) is 11.3 Å². The molecule has 2 N–H and O–H groups in total. The van der Waals surface area contributed by atoms with Crippen LogP contribution in [0.15, 0.2) is 30.0 Å². The van der Waals surface area contributed by atoms with Gasteiger partial charge in [-0.15, -0.1) is 0 Å². The van der Waals surface area contributed by atoms with Gasteiger partial charge in [-0.1, -0.05) is 30.7 Å². The summed E-state index contributed by atoms with van der Waals surface area (Å²) in [5.41, 5.74) is 0.977. The highest BCUT2D eigenvalue weighted by molar-refractivity contribution is 5.95. The molecule has 2 atom stereocenters. The predicted octanol–water partition coefficient (Wildman–Crippen LogP) is 4.40. The minimum absolute atomic E-state index is 0.222. The van der Waals surface area contributed by atoms with Crippen LogP contribution < -0.4 is 5.32 Å². The molecule has 1 heterocycles. The maximum atomic E-state index is 11.9. The smallest absolute Gasteiger partial charge is 0.412 e. The monoisotopic (exact) mass is 388 g/mol. The fourth-order valence-corrected chi connectivity index (χ4v) is 3.45. The standard InChI is InChI=1S/C22H32N2O4/c1-15-7-6-8-16(2)24(15)14-18-11-9-17(10-12-18)13-19(20(25)26)23-21(27)28-22(3,4)5/h9-13,15-16H,6-8,14H2,1-5H3,(H,23,27)(H,25,26)/b19-13-/t15-,16+. The van der Waals surface area contributed by atoms with Crippen LogP contribution in [0.2, 0.25) is 0 Å². The van der Waals surface area contributed by atoms with Crippen LogP contribution in [0.4, 0.5) is 4.79 Å². The van der Waals surface area contributed by atoms with Gasteiger partial charge in [-0.2, -0.15) is 0 Å². The summed E-state index contributed by atoms with van der Waals surface area (Å²) in [6.45, 7) is 10.6. The molecule has 1 aromatic rings. The highest BCUT2D eigenvalue weighted by Crippen LogP contribution is 2.24. The number of nitrogens with zero attached hydrogens (tertiary/aromatic N) is 1. The first-order valence-electron chi connectivity index (χ1n) is 9.85. The van der Waals surface area contributed by atoms with Crippen molar-refractivity contribution >= 4 is 18.1 Å². The van der Waals surface area contributed by atoms with Crippen LogP contribution >= 0.6 is 0 Å². The molecule has 1 aromatic carbocycles. The molecular weight excluding hydrogens is 356 g/mol. The topological polar surface area (TPSA) is 78.9 Å². The van der Waals surface area contributed by atoms with Crippen LogP contribution in [-0.2, 0) is 16.1 Å². The van der Waals surface area contributed by atoms with Gasteiger partial charge in [0.25, 0.3) is 0 Å². The number of hydrogen-bond acceptors (Lipinski definition) is 4. The Bertz CT molecular complexity index is 709. The second-order valence-electron chi connectivity index (χ2n) is 8.53. The van der Waals surface area contributed by atoms with Gasteiger partial charge in [0.15, 0.2) is 0 Å². The number of piperidine rings is 1. The zero-order chi connectivity index (χ0) is 20.9. The molecule has 0 unspecified atom stereocenters. The normalized spacial score (nSPS) is 21.2. The lowest BCUT2D eigenvalue weighted by atomic mass is 9.96. The molecule has 154 valence electrons. The minimum Gasteiger partial charge on any atom is -0.477 e. The van der Waals surface area contributed by atoms with E-state index in [1.165, 1.54) is 30.9 Å². The molecule has 0 radical (unpaired) electrons. The lowest BCUT2D eigenvalue weighted by Crippen LogP contribution is -2.42. The number of aliphatic carboxylic acids is 1. The van der Waals surface area contributed by atoms with E-state index in [-0.39, 0.29) is 5.70 Å². The molecule has 28 heavy (non-hydrogen) atoms. The fourth-order valence-electron chi connectivity index (χ4n) is 3.45. The number of carboxylic acids is 1. The summed E-state index contributed by atoms with van der Waals surface area (Å²) in [5, 5.41) is 11.7. The Kier molecular flexibility index (Phi) is 7.24. The Morgan fingerprint density at radius 1 is 1.18 bits per heavy atom. The minimum atomic E-state index is -1.22. The summed E-state index contributed by atoms with van der Waals surface area (Å²) in [5.74, 6) is -1.22. The molecule has 0 saturated carbocycles. The first-order valence-corrected chi connectivity index (χ1v) is 9.85. The molecule has 0 aliphatic carbocycles. The number of carboxylic acid groups (broad SMARTS) is 1. The first-order chi connectivity index (χ1) is 13.0. The van der Waals surface area contributed by atoms with Gasteiger partial charge in [-0.25, -0.2) is 9.59 Å². The highest BCUT2D eigenvalue weighted by atomic mass is 16.6. The summed E-state index contributed by atoms with van der Waals surface area (Å²) >= 11 is 0. The summed E-state index contributed by atoms with van der Waals surface area (Å²) in [6.07, 6.45) is 4.38. The van der Waals surface area contributed by atoms with E-state index in [9.17, 15) is 14.7 Å². The number of alkyl carbamates (subject to hydrolysis) is 1. The van der Waals surface area contributed by atoms with Gasteiger partial charge >= 0.3 is 12.1 Å². The van der Waals surface area contributed by atoms with Crippen molar-refractivity contribution in [1.29, 1.82) is 0 Å². The molecular formula is C22H32N2O4. The quantitative estimate of drug-likeness (QED) is 0.731. The van der Waals surface area contributed by atoms with Crippen molar-refractivity contribution in [2.45, 2.75) is 78.1 Å². The van der Waals surface area contributed by atoms with Crippen LogP contribution in [0.1, 0.15) is 65.0 Å². The average molecular weight is 389 g/mol. The zero-order valence-corrected chi connectivity index (χ0v) is 17.5. The predicted molar refractivity (Wildman–Crippen MR) is 110 cm³/mol. The van der Waals surface area contributed by atoms with E-state index in [2.05, 4.69) is 24.1 Å². The number of ether oxygens (including phenoxy) is 1. The number of carbonyl (C=O) groups excluding carboxylic acids is 1. The van der Waals surface area contributed by atoms with Gasteiger partial charge in [0.2, 0.25) is 0 Å². The Hall–Kier alpha value is -2.34. The molecule has 6 heteroatoms. The van der Waals surface area contributed by atoms with Gasteiger partial charge in [0, 0.05) is 18.6 Å². The molecule has 0 spiro atoms. The van der Waals surface area contributed by atoms with Gasteiger partial charge in [-0.05, 0) is 64.7 Å². The Balaban J connectivity index is 2.07. The number of benzene rings is 1. The largest absolute Gasteiger partial charge is 0.477 e. The van der Waals surface area contributed by atoms with Crippen LogP contribution in [0.25, 0.3) is 6.08 Å². The number of carbonyl (C=O) groups is 2. The number of nitrogens with one attached hydrogen (secondary N) is 1. The third-order valence-corrected chi connectivity index (χ3v) is 4.90. The molecule has 1 aliphatic rings. The summed E-state index contributed by atoms with van der Waals surface area (Å²) in [4.78, 5) is 25.8. The first kappa shape index (κ1) is 22.0. The second kappa shape index (κ2) is 9.24. The summed E-state index contributed by atoms with van der Waals surface area (Å²) in [6, 6.07) is 8.89. The van der Waals surface area contributed by atoms with Crippen LogP contribution in [-0.4, -0.2) is 39.8 Å². The highest BCUT2D eigenvalue weighted by Gasteiger charge is 2.24. The van der Waals surface area contributed by atoms with Crippen molar-refractivity contribution < 1.29 is 19.4 Å². The van der Waals surface area contributed by atoms with Crippen molar-refractivity contribution in [3.05, 3.63) is 41.1 Å². The van der Waals surface area contributed by atoms with Crippen LogP contribution in [0.3, 0.4) is 0 Å². The van der Waals surface area contributed by atoms with Crippen molar-refractivity contribution in [3.8, 4) is 0 Å². The third kappa shape index (κ3) is 6.68. The lowest BCUT2D eigenvalue weighted by Gasteiger charge is -2.39. The van der Waals surface area contributed by atoms with Gasteiger partial charge < -0.3 is 9.84 Å². The van der Waals surface area contributed by atoms with E-state index in [1.807, 2.05) is 24.3 Å². The average Bonchev–Trinajstić information content (AvgIpc) is 2.57. The fraction of sp³-hybridized carbons (Fsp3) is 0.545. The van der Waals surface area contributed by atoms with Crippen LogP contribution in [0, 0.1) is 0 Å². The second-order valence-corrected chi connectivity index (χ2v) is 8.53. The molecule has 0 bridgehead atoms. The Morgan fingerprint density at radius 2 is 1.75 bits per heavy atom. The van der Waals surface area contributed by atoms with Crippen molar-refractivity contribution in [1.82, 2.24) is 10.2 Å². The molecule has 1 aliphatic heterocycles. The number of likely N-dealkylation sites (tertiary alicyclic amines) is 1. The van der Waals surface area contributed by atoms with Crippen molar-refractivity contribution in [2.24, 2.45) is 0 Å². The summed E-state index contributed by atoms with van der Waals surface area (Å²) in [7, 11) is 0. The molecule has 1 fully saturated rings. The van der Waals surface area contributed by atoms with Gasteiger partial charge in [-0.3, -0.25) is 10.2 Å². The Labute approximate surface area is 167 Å². The van der Waals surface area contributed by atoms with E-state index in [0.29, 0.717) is 17.6 Å². The number of rotatable bonds is 5. The van der Waals surface area contributed by atoms with E-state index in [4.69, 9.17) is 4.74 Å². The lowest BCUT2D eigenvalue weighted by molar-refractivity contribution is -0.133. The molecule has 0 aromatic heterocycles. The molecule has 2 rings (SSSR count). The zero-order valence-electron chi connectivity index (χ0n) is 17.5. The van der Waals surface area contributed by atoms with E-state index in [1.54, 1.807) is 20.8 Å². The van der Waals surface area contributed by atoms with Gasteiger partial charge in [0.05, 0.1) is 0 Å². The molecule has 6 nitrogen and oxygen atoms in total. The molecule has 1 amide bonds. The van der Waals surface area contributed by atoms with Crippen molar-refractivity contribution in [3.63, 3.8) is 0 Å². The molecule has 1 saturated heterocycles. The SMILES string of the molecule is C[C@@H]1CCC[C@H](C)N1Cc1ccc(/C=C(\NC(=O)OC(C)(C)C)C(=O)O)cc1. The van der Waals surface area contributed by atoms with Crippen LogP contribution in [0.5, 0.6) is 0 Å². The number of amides is 1. The Morgan fingerprint density at radius 3 is 2.25 bits per heavy atom. The maximum absolute atomic E-state index is 11.9. The van der Waals surface area contributed by atoms with E-state index >= 15 is 0 Å². The van der Waals surface area contributed by atoms with Crippen molar-refractivity contribution in [2.75, 3.05) is 0 Å². The number of hydrogen-bond donors (Lipinski definition) is 2. The third-order valence-electron chi connectivity index (χ3n) is 4.90. The summed E-state index contributed by atoms with van der Waals surface area (Å²) < 4.78 is 5.12.